The number of para-hydroxylation sites is 1. The molecule has 2 heterocycles. The Morgan fingerprint density at radius 1 is 1.18 bits per heavy atom. The molecule has 1 aliphatic heterocycles. The van der Waals surface area contributed by atoms with Gasteiger partial charge in [0.1, 0.15) is 0 Å². The van der Waals surface area contributed by atoms with Gasteiger partial charge in [-0.05, 0) is 29.3 Å². The molecule has 0 saturated carbocycles. The Kier molecular flexibility index (Phi) is 8.73. The summed E-state index contributed by atoms with van der Waals surface area (Å²) in [5.74, 6) is 0.400. The van der Waals surface area contributed by atoms with Crippen molar-refractivity contribution in [1.82, 2.24) is 10.1 Å². The Morgan fingerprint density at radius 3 is 2.63 bits per heavy atom. The summed E-state index contributed by atoms with van der Waals surface area (Å²) in [4.78, 5) is 44.0. The van der Waals surface area contributed by atoms with Crippen LogP contribution in [-0.2, 0) is 9.59 Å². The summed E-state index contributed by atoms with van der Waals surface area (Å²) in [6, 6.07) is 10.3. The number of aromatic amines is 1. The predicted molar refractivity (Wildman–Crippen MR) is 146 cm³/mol. The SMILES string of the molecule is CCCCSc1n[n+]2c(c(=O)[nH]1)-c1ccccc1N(C(=O)CC)[C@H]2c1cc(Cl)cc(OC)c1OC(=O)CC. The third kappa shape index (κ3) is 5.28. The number of unbranched alkanes of at least 4 members (excludes halogenated alkanes) is 1. The number of hydrogen-bond acceptors (Lipinski definition) is 7. The highest BCUT2D eigenvalue weighted by molar-refractivity contribution is 7.99. The lowest BCUT2D eigenvalue weighted by Gasteiger charge is -2.32. The molecule has 1 aromatic heterocycles. The molecule has 9 nitrogen and oxygen atoms in total. The Hall–Kier alpha value is -3.37. The van der Waals surface area contributed by atoms with Crippen LogP contribution in [-0.4, -0.2) is 34.8 Å². The number of carbonyl (C=O) groups excluding carboxylic acids is 2. The first kappa shape index (κ1) is 27.7. The van der Waals surface area contributed by atoms with Crippen molar-refractivity contribution < 1.29 is 23.7 Å². The van der Waals surface area contributed by atoms with E-state index in [4.69, 9.17) is 26.2 Å². The number of aromatic nitrogens is 3. The maximum absolute atomic E-state index is 13.6. The number of thioether (sulfide) groups is 1. The number of halogens is 1. The predicted octanol–water partition coefficient (Wildman–Crippen LogP) is 4.90. The molecule has 0 aliphatic carbocycles. The van der Waals surface area contributed by atoms with Gasteiger partial charge in [-0.3, -0.25) is 19.4 Å². The van der Waals surface area contributed by atoms with E-state index in [-0.39, 0.29) is 41.5 Å². The van der Waals surface area contributed by atoms with Crippen molar-refractivity contribution in [3.63, 3.8) is 0 Å². The minimum absolute atomic E-state index is 0.114. The monoisotopic (exact) mass is 557 g/mol. The minimum Gasteiger partial charge on any atom is -0.493 e. The molecule has 1 amide bonds. The van der Waals surface area contributed by atoms with E-state index in [1.54, 1.807) is 49.1 Å². The number of benzene rings is 2. The van der Waals surface area contributed by atoms with Gasteiger partial charge in [0.05, 0.1) is 23.9 Å². The highest BCUT2D eigenvalue weighted by Crippen LogP contribution is 2.44. The van der Waals surface area contributed by atoms with Crippen LogP contribution >= 0.6 is 23.4 Å². The van der Waals surface area contributed by atoms with Crippen molar-refractivity contribution >= 4 is 40.9 Å². The van der Waals surface area contributed by atoms with Gasteiger partial charge < -0.3 is 9.47 Å². The van der Waals surface area contributed by atoms with Crippen molar-refractivity contribution in [3.05, 3.63) is 57.3 Å². The highest BCUT2D eigenvalue weighted by Gasteiger charge is 2.47. The molecule has 3 aromatic rings. The molecule has 0 radical (unpaired) electrons. The van der Waals surface area contributed by atoms with Gasteiger partial charge in [-0.1, -0.05) is 62.7 Å². The minimum atomic E-state index is -0.979. The fourth-order valence-electron chi connectivity index (χ4n) is 4.30. The number of esters is 1. The summed E-state index contributed by atoms with van der Waals surface area (Å²) in [5.41, 5.74) is 1.39. The van der Waals surface area contributed by atoms with Crippen LogP contribution in [0.15, 0.2) is 46.3 Å². The molecule has 200 valence electrons. The van der Waals surface area contributed by atoms with Gasteiger partial charge >= 0.3 is 17.2 Å². The molecule has 0 bridgehead atoms. The lowest BCUT2D eigenvalue weighted by molar-refractivity contribution is -0.763. The molecule has 1 aliphatic rings. The molecule has 38 heavy (non-hydrogen) atoms. The summed E-state index contributed by atoms with van der Waals surface area (Å²) in [7, 11) is 1.44. The summed E-state index contributed by atoms with van der Waals surface area (Å²) in [5, 5.41) is 5.53. The topological polar surface area (TPSA) is 105 Å². The summed E-state index contributed by atoms with van der Waals surface area (Å²) in [6.45, 7) is 5.53. The summed E-state index contributed by atoms with van der Waals surface area (Å²) < 4.78 is 12.8. The number of nitrogens with zero attached hydrogens (tertiary/aromatic N) is 3. The first-order chi connectivity index (χ1) is 18.3. The van der Waals surface area contributed by atoms with Crippen molar-refractivity contribution in [2.45, 2.75) is 57.8 Å². The second kappa shape index (κ2) is 12.0. The second-order valence-corrected chi connectivity index (χ2v) is 10.1. The van der Waals surface area contributed by atoms with Crippen LogP contribution in [0.1, 0.15) is 58.2 Å². The van der Waals surface area contributed by atoms with Crippen molar-refractivity contribution in [3.8, 4) is 22.8 Å². The van der Waals surface area contributed by atoms with E-state index in [1.165, 1.54) is 29.6 Å². The fourth-order valence-corrected chi connectivity index (χ4v) is 5.45. The number of hydrogen-bond donors (Lipinski definition) is 1. The Morgan fingerprint density at radius 2 is 1.95 bits per heavy atom. The molecule has 11 heteroatoms. The molecular weight excluding hydrogens is 528 g/mol. The molecular formula is C27H30ClN4O5S+. The zero-order chi connectivity index (χ0) is 27.4. The Bertz CT molecular complexity index is 1430. The van der Waals surface area contributed by atoms with Crippen LogP contribution < -0.4 is 24.6 Å². The van der Waals surface area contributed by atoms with Gasteiger partial charge in [-0.15, -0.1) is 0 Å². The quantitative estimate of drug-likeness (QED) is 0.131. The fraction of sp³-hybridized carbons (Fsp3) is 0.370. The van der Waals surface area contributed by atoms with E-state index in [1.807, 2.05) is 0 Å². The van der Waals surface area contributed by atoms with Crippen LogP contribution in [0.4, 0.5) is 5.69 Å². The van der Waals surface area contributed by atoms with Crippen LogP contribution in [0.5, 0.6) is 11.5 Å². The van der Waals surface area contributed by atoms with E-state index >= 15 is 0 Å². The first-order valence-corrected chi connectivity index (χ1v) is 13.9. The third-order valence-corrected chi connectivity index (χ3v) is 7.29. The molecule has 4 rings (SSSR count). The molecule has 0 fully saturated rings. The number of methoxy groups -OCH3 is 1. The van der Waals surface area contributed by atoms with E-state index in [2.05, 4.69) is 11.9 Å². The van der Waals surface area contributed by atoms with E-state index in [0.717, 1.165) is 18.6 Å². The number of nitrogens with one attached hydrogen (secondary N) is 1. The van der Waals surface area contributed by atoms with Gasteiger partial charge in [0.2, 0.25) is 11.1 Å². The van der Waals surface area contributed by atoms with Gasteiger partial charge in [0.15, 0.2) is 11.5 Å². The van der Waals surface area contributed by atoms with Crippen molar-refractivity contribution in [2.75, 3.05) is 17.8 Å². The van der Waals surface area contributed by atoms with Gasteiger partial charge in [-0.2, -0.15) is 0 Å². The van der Waals surface area contributed by atoms with E-state index < -0.39 is 12.1 Å². The van der Waals surface area contributed by atoms with Crippen LogP contribution in [0.3, 0.4) is 0 Å². The van der Waals surface area contributed by atoms with Crippen LogP contribution in [0.2, 0.25) is 5.02 Å². The highest BCUT2D eigenvalue weighted by atomic mass is 35.5. The van der Waals surface area contributed by atoms with Gasteiger partial charge in [0.25, 0.3) is 6.17 Å². The van der Waals surface area contributed by atoms with E-state index in [9.17, 15) is 14.4 Å². The van der Waals surface area contributed by atoms with Crippen LogP contribution in [0.25, 0.3) is 11.3 Å². The van der Waals surface area contributed by atoms with Gasteiger partial charge in [0, 0.05) is 34.8 Å². The molecule has 0 saturated heterocycles. The molecule has 1 N–H and O–H groups in total. The number of fused-ring (bicyclic) bond motifs is 3. The largest absolute Gasteiger partial charge is 0.493 e. The maximum atomic E-state index is 13.6. The van der Waals surface area contributed by atoms with E-state index in [0.29, 0.717) is 27.0 Å². The average molecular weight is 558 g/mol. The number of amides is 1. The Balaban J connectivity index is 2.07. The molecule has 0 spiro atoms. The lowest BCUT2D eigenvalue weighted by Crippen LogP contribution is -2.61. The summed E-state index contributed by atoms with van der Waals surface area (Å²) >= 11 is 7.93. The number of carbonyl (C=O) groups is 2. The smallest absolute Gasteiger partial charge is 0.325 e. The molecule has 2 aromatic carbocycles. The van der Waals surface area contributed by atoms with Crippen molar-refractivity contribution in [2.24, 2.45) is 0 Å². The Labute approximate surface area is 230 Å². The zero-order valence-electron chi connectivity index (χ0n) is 21.7. The number of anilines is 1. The normalized spacial score (nSPS) is 14.0. The molecule has 0 unspecified atom stereocenters. The van der Waals surface area contributed by atoms with Crippen molar-refractivity contribution in [1.29, 1.82) is 0 Å². The summed E-state index contributed by atoms with van der Waals surface area (Å²) in [6.07, 6.45) is 1.27. The first-order valence-electron chi connectivity index (χ1n) is 12.5. The van der Waals surface area contributed by atoms with Crippen LogP contribution in [0, 0.1) is 0 Å². The zero-order valence-corrected chi connectivity index (χ0v) is 23.3. The standard InChI is InChI=1S/C27H29ClN4O5S/c1-5-8-13-38-27-29-25(35)23-17-11-9-10-12-19(17)31(21(33)6-2)26(32(23)30-27)18-14-16(28)15-20(36-4)24(18)37-22(34)7-3/h9-12,14-15,26H,5-8,13H2,1-4H3/p+1/t26-/m1/s1. The second-order valence-electron chi connectivity index (χ2n) is 8.62. The average Bonchev–Trinajstić information content (AvgIpc) is 2.92. The van der Waals surface area contributed by atoms with Gasteiger partial charge in [-0.25, -0.2) is 4.90 Å². The third-order valence-electron chi connectivity index (χ3n) is 6.12. The molecule has 1 atom stereocenters. The lowest BCUT2D eigenvalue weighted by atomic mass is 10.00. The number of ether oxygens (including phenoxy) is 2. The number of H-pyrrole nitrogens is 1. The maximum Gasteiger partial charge on any atom is 0.325 e. The number of rotatable bonds is 9.